The molecule has 0 aliphatic heterocycles. The van der Waals surface area contributed by atoms with Crippen molar-refractivity contribution >= 4 is 44.8 Å². The van der Waals surface area contributed by atoms with Crippen LogP contribution in [0.15, 0.2) is 24.4 Å². The number of hydrogen-bond donors (Lipinski definition) is 2. The van der Waals surface area contributed by atoms with Crippen molar-refractivity contribution in [2.75, 3.05) is 10.6 Å². The van der Waals surface area contributed by atoms with Gasteiger partial charge in [-0.15, -0.1) is 20.4 Å². The van der Waals surface area contributed by atoms with Crippen molar-refractivity contribution in [3.63, 3.8) is 0 Å². The number of carbonyl (C=O) groups excluding carboxylic acids is 2. The van der Waals surface area contributed by atoms with Gasteiger partial charge in [-0.2, -0.15) is 0 Å². The minimum Gasteiger partial charge on any atom is -0.301 e. The van der Waals surface area contributed by atoms with Crippen molar-refractivity contribution in [1.82, 2.24) is 25.4 Å². The van der Waals surface area contributed by atoms with Crippen molar-refractivity contribution in [1.29, 1.82) is 0 Å². The molecule has 9 nitrogen and oxygen atoms in total. The van der Waals surface area contributed by atoms with Gasteiger partial charge in [-0.25, -0.2) is 0 Å². The van der Waals surface area contributed by atoms with E-state index >= 15 is 0 Å². The van der Waals surface area contributed by atoms with Gasteiger partial charge in [-0.1, -0.05) is 28.7 Å². The molecule has 2 N–H and O–H groups in total. The number of anilines is 2. The van der Waals surface area contributed by atoms with Crippen LogP contribution in [0.3, 0.4) is 0 Å². The molecule has 0 bridgehead atoms. The van der Waals surface area contributed by atoms with Gasteiger partial charge in [0.05, 0.1) is 6.42 Å². The van der Waals surface area contributed by atoms with Crippen LogP contribution in [0.2, 0.25) is 0 Å². The smallest absolute Gasteiger partial charge is 0.232 e. The average Bonchev–Trinajstić information content (AvgIpc) is 3.44. The predicted octanol–water partition coefficient (Wildman–Crippen LogP) is 3.05. The van der Waals surface area contributed by atoms with Crippen molar-refractivity contribution in [3.8, 4) is 0 Å². The van der Waals surface area contributed by atoms with Gasteiger partial charge in [0.15, 0.2) is 0 Å². The van der Waals surface area contributed by atoms with Crippen LogP contribution in [0.5, 0.6) is 0 Å². The van der Waals surface area contributed by atoms with E-state index in [1.54, 1.807) is 6.20 Å². The van der Waals surface area contributed by atoms with E-state index in [9.17, 15) is 9.59 Å². The number of pyridine rings is 1. The van der Waals surface area contributed by atoms with Gasteiger partial charge in [0.25, 0.3) is 0 Å². The Labute approximate surface area is 181 Å². The highest BCUT2D eigenvalue weighted by Gasteiger charge is 2.29. The van der Waals surface area contributed by atoms with Crippen LogP contribution in [0.1, 0.15) is 47.8 Å². The highest BCUT2D eigenvalue weighted by molar-refractivity contribution is 7.15. The number of hydrogen-bond acceptors (Lipinski definition) is 9. The first-order chi connectivity index (χ1) is 14.5. The minimum atomic E-state index is -0.146. The molecular formula is C19H21N7O2S2. The summed E-state index contributed by atoms with van der Waals surface area (Å²) in [7, 11) is 0. The summed E-state index contributed by atoms with van der Waals surface area (Å²) in [6, 6.07) is 5.50. The Bertz CT molecular complexity index is 1020. The van der Waals surface area contributed by atoms with E-state index in [-0.39, 0.29) is 18.2 Å². The number of carbonyl (C=O) groups is 2. The zero-order valence-electron chi connectivity index (χ0n) is 16.4. The molecule has 0 saturated heterocycles. The van der Waals surface area contributed by atoms with Crippen LogP contribution in [-0.4, -0.2) is 37.2 Å². The highest BCUT2D eigenvalue weighted by atomic mass is 32.1. The molecule has 0 unspecified atom stereocenters. The summed E-state index contributed by atoms with van der Waals surface area (Å²) in [5.41, 5.74) is 0.719. The molecule has 0 spiro atoms. The fraction of sp³-hybridized carbons (Fsp3) is 0.421. The topological polar surface area (TPSA) is 123 Å². The lowest BCUT2D eigenvalue weighted by atomic mass is 10.0. The van der Waals surface area contributed by atoms with E-state index in [0.717, 1.165) is 41.4 Å². The van der Waals surface area contributed by atoms with Crippen LogP contribution in [0, 0.1) is 5.92 Å². The summed E-state index contributed by atoms with van der Waals surface area (Å²) < 4.78 is 0. The van der Waals surface area contributed by atoms with Crippen molar-refractivity contribution in [2.45, 2.75) is 44.9 Å². The molecule has 1 saturated carbocycles. The number of nitrogens with zero attached hydrogens (tertiary/aromatic N) is 5. The molecule has 1 aliphatic carbocycles. The maximum absolute atomic E-state index is 12.2. The third kappa shape index (κ3) is 5.42. The second kappa shape index (κ2) is 9.35. The molecule has 4 rings (SSSR count). The van der Waals surface area contributed by atoms with Crippen LogP contribution in [-0.2, 0) is 22.4 Å². The number of amides is 2. The second-order valence-electron chi connectivity index (χ2n) is 7.25. The van der Waals surface area contributed by atoms with Gasteiger partial charge < -0.3 is 10.6 Å². The number of aromatic nitrogens is 5. The SMILES string of the molecule is CC(=O)Nc1nnc(C[C@@H]2CC[C@H](c3nnc(NC(=O)Cc4ccccn4)s3)C2)s1. The Morgan fingerprint density at radius 3 is 2.70 bits per heavy atom. The molecule has 3 aromatic heterocycles. The van der Waals surface area contributed by atoms with Crippen molar-refractivity contribution in [3.05, 3.63) is 40.1 Å². The van der Waals surface area contributed by atoms with E-state index in [1.165, 1.54) is 29.6 Å². The van der Waals surface area contributed by atoms with Gasteiger partial charge in [-0.05, 0) is 37.3 Å². The molecule has 2 atom stereocenters. The summed E-state index contributed by atoms with van der Waals surface area (Å²) in [6.45, 7) is 1.46. The fourth-order valence-electron chi connectivity index (χ4n) is 3.55. The molecule has 1 fully saturated rings. The summed E-state index contributed by atoms with van der Waals surface area (Å²) in [5.74, 6) is 0.556. The van der Waals surface area contributed by atoms with Crippen LogP contribution in [0.4, 0.5) is 10.3 Å². The molecule has 1 aliphatic rings. The van der Waals surface area contributed by atoms with Gasteiger partial charge in [0.1, 0.15) is 10.0 Å². The Balaban J connectivity index is 1.28. The molecule has 0 radical (unpaired) electrons. The van der Waals surface area contributed by atoms with Crippen LogP contribution in [0.25, 0.3) is 0 Å². The molecule has 0 aromatic carbocycles. The Morgan fingerprint density at radius 2 is 1.90 bits per heavy atom. The lowest BCUT2D eigenvalue weighted by Gasteiger charge is -2.06. The standard InChI is InChI=1S/C19H21N7O2S2/c1-11(27)21-18-25-23-16(29-18)9-12-5-6-13(8-12)17-24-26-19(30-17)22-15(28)10-14-4-2-3-7-20-14/h2-4,7,12-13H,5-6,8-10H2,1H3,(H,21,25,27)(H,22,26,28)/t12-,13+/m1/s1. The summed E-state index contributed by atoms with van der Waals surface area (Å²) >= 11 is 2.87. The van der Waals surface area contributed by atoms with Gasteiger partial charge in [0, 0.05) is 31.2 Å². The van der Waals surface area contributed by atoms with Crippen molar-refractivity contribution in [2.24, 2.45) is 5.92 Å². The minimum absolute atomic E-state index is 0.141. The lowest BCUT2D eigenvalue weighted by Crippen LogP contribution is -2.14. The second-order valence-corrected chi connectivity index (χ2v) is 9.32. The van der Waals surface area contributed by atoms with Crippen LogP contribution >= 0.6 is 22.7 Å². The Morgan fingerprint density at radius 1 is 1.07 bits per heavy atom. The molecule has 11 heteroatoms. The van der Waals surface area contributed by atoms with E-state index < -0.39 is 0 Å². The largest absolute Gasteiger partial charge is 0.301 e. The quantitative estimate of drug-likeness (QED) is 0.575. The van der Waals surface area contributed by atoms with E-state index in [0.29, 0.717) is 22.1 Å². The number of rotatable bonds is 7. The zero-order valence-corrected chi connectivity index (χ0v) is 18.0. The average molecular weight is 444 g/mol. The zero-order chi connectivity index (χ0) is 20.9. The summed E-state index contributed by atoms with van der Waals surface area (Å²) in [5, 5.41) is 25.1. The fourth-order valence-corrected chi connectivity index (χ4v) is 5.36. The first kappa shape index (κ1) is 20.5. The van der Waals surface area contributed by atoms with Gasteiger partial charge in [0.2, 0.25) is 22.1 Å². The van der Waals surface area contributed by atoms with Gasteiger partial charge in [-0.3, -0.25) is 14.6 Å². The third-order valence-corrected chi connectivity index (χ3v) is 6.72. The Kier molecular flexibility index (Phi) is 6.38. The monoisotopic (exact) mass is 443 g/mol. The normalized spacial score (nSPS) is 18.3. The third-order valence-electron chi connectivity index (χ3n) is 4.86. The van der Waals surface area contributed by atoms with E-state index in [1.807, 2.05) is 18.2 Å². The first-order valence-electron chi connectivity index (χ1n) is 9.68. The first-order valence-corrected chi connectivity index (χ1v) is 11.3. The molecular weight excluding hydrogens is 422 g/mol. The molecule has 3 heterocycles. The maximum atomic E-state index is 12.2. The van der Waals surface area contributed by atoms with Gasteiger partial charge >= 0.3 is 0 Å². The molecule has 156 valence electrons. The van der Waals surface area contributed by atoms with E-state index in [4.69, 9.17) is 0 Å². The predicted molar refractivity (Wildman–Crippen MR) is 114 cm³/mol. The summed E-state index contributed by atoms with van der Waals surface area (Å²) in [6.07, 6.45) is 5.86. The maximum Gasteiger partial charge on any atom is 0.232 e. The molecule has 30 heavy (non-hydrogen) atoms. The molecule has 3 aromatic rings. The van der Waals surface area contributed by atoms with Crippen LogP contribution < -0.4 is 10.6 Å². The van der Waals surface area contributed by atoms with Crippen molar-refractivity contribution < 1.29 is 9.59 Å². The van der Waals surface area contributed by atoms with E-state index in [2.05, 4.69) is 36.0 Å². The summed E-state index contributed by atoms with van der Waals surface area (Å²) in [4.78, 5) is 27.5. The Hall–Kier alpha value is -2.79. The number of nitrogens with one attached hydrogen (secondary N) is 2. The highest BCUT2D eigenvalue weighted by Crippen LogP contribution is 2.41. The molecule has 2 amide bonds. The lowest BCUT2D eigenvalue weighted by molar-refractivity contribution is -0.116.